The van der Waals surface area contributed by atoms with Gasteiger partial charge < -0.3 is 0 Å². The monoisotopic (exact) mass is 398 g/mol. The fourth-order valence-corrected chi connectivity index (χ4v) is 4.13. The van der Waals surface area contributed by atoms with Crippen molar-refractivity contribution in [3.8, 4) is 0 Å². The van der Waals surface area contributed by atoms with Crippen LogP contribution in [0.4, 0.5) is 0 Å². The van der Waals surface area contributed by atoms with Gasteiger partial charge in [0.05, 0.1) is 17.4 Å². The molecule has 0 atom stereocenters. The molecule has 1 heterocycles. The second-order valence-corrected chi connectivity index (χ2v) is 7.97. The van der Waals surface area contributed by atoms with Crippen LogP contribution in [-0.2, 0) is 12.3 Å². The highest BCUT2D eigenvalue weighted by Crippen LogP contribution is 2.23. The number of fused-ring (bicyclic) bond motifs is 1. The zero-order chi connectivity index (χ0) is 20.2. The van der Waals surface area contributed by atoms with Crippen LogP contribution in [0, 0.1) is 6.92 Å². The fraction of sp³-hybridized carbons (Fsp3) is 0.120. The van der Waals surface area contributed by atoms with E-state index in [0.29, 0.717) is 11.9 Å². The molecule has 0 aliphatic carbocycles. The van der Waals surface area contributed by atoms with Crippen LogP contribution in [0.15, 0.2) is 89.3 Å². The summed E-state index contributed by atoms with van der Waals surface area (Å²) in [6, 6.07) is 24.1. The first kappa shape index (κ1) is 19.2. The summed E-state index contributed by atoms with van der Waals surface area (Å²) in [7, 11) is 0. The lowest BCUT2D eigenvalue weighted by Gasteiger charge is -2.13. The molecule has 0 aliphatic heterocycles. The lowest BCUT2D eigenvalue weighted by molar-refractivity contribution is 0.658. The Balaban J connectivity index is 1.70. The number of benzene rings is 3. The van der Waals surface area contributed by atoms with Crippen LogP contribution in [-0.4, -0.2) is 9.55 Å². The van der Waals surface area contributed by atoms with Gasteiger partial charge in [0, 0.05) is 5.75 Å². The molecule has 0 saturated carbocycles. The summed E-state index contributed by atoms with van der Waals surface area (Å²) in [6.07, 6.45) is 1.83. The van der Waals surface area contributed by atoms with E-state index < -0.39 is 0 Å². The molecule has 0 saturated heterocycles. The van der Waals surface area contributed by atoms with E-state index in [-0.39, 0.29) is 5.56 Å². The van der Waals surface area contributed by atoms with Gasteiger partial charge in [-0.25, -0.2) is 4.98 Å². The van der Waals surface area contributed by atoms with E-state index in [1.54, 1.807) is 16.3 Å². The van der Waals surface area contributed by atoms with E-state index in [1.165, 1.54) is 11.1 Å². The van der Waals surface area contributed by atoms with E-state index in [1.807, 2.05) is 30.3 Å². The molecule has 0 bridgehead atoms. The Hall–Kier alpha value is -3.11. The summed E-state index contributed by atoms with van der Waals surface area (Å²) in [4.78, 5) is 18.0. The van der Waals surface area contributed by atoms with Crippen molar-refractivity contribution in [2.24, 2.45) is 0 Å². The van der Waals surface area contributed by atoms with Crippen LogP contribution >= 0.6 is 11.8 Å². The van der Waals surface area contributed by atoms with E-state index >= 15 is 0 Å². The Morgan fingerprint density at radius 2 is 1.66 bits per heavy atom. The highest BCUT2D eigenvalue weighted by molar-refractivity contribution is 7.98. The third-order valence-corrected chi connectivity index (χ3v) is 5.92. The van der Waals surface area contributed by atoms with Gasteiger partial charge in [0.1, 0.15) is 0 Å². The Morgan fingerprint density at radius 1 is 0.966 bits per heavy atom. The highest BCUT2D eigenvalue weighted by atomic mass is 32.2. The number of hydrogen-bond donors (Lipinski definition) is 0. The number of nitrogens with zero attached hydrogens (tertiary/aromatic N) is 2. The SMILES string of the molecule is C=Cc1ccc(CSc2nc3ccccc3c(=O)n2Cc2ccc(C)cc2)cc1. The van der Waals surface area contributed by atoms with Gasteiger partial charge in [-0.3, -0.25) is 9.36 Å². The molecule has 4 aromatic rings. The summed E-state index contributed by atoms with van der Waals surface area (Å²) >= 11 is 1.59. The molecule has 0 unspecified atom stereocenters. The maximum absolute atomic E-state index is 13.2. The molecule has 0 amide bonds. The zero-order valence-electron chi connectivity index (χ0n) is 16.3. The summed E-state index contributed by atoms with van der Waals surface area (Å²) in [5.41, 5.74) is 5.31. The van der Waals surface area contributed by atoms with Gasteiger partial charge >= 0.3 is 0 Å². The lowest BCUT2D eigenvalue weighted by atomic mass is 10.1. The number of para-hydroxylation sites is 1. The summed E-state index contributed by atoms with van der Waals surface area (Å²) in [5, 5.41) is 1.39. The molecule has 4 heteroatoms. The molecule has 0 N–H and O–H groups in total. The quantitative estimate of drug-likeness (QED) is 0.309. The maximum atomic E-state index is 13.2. The summed E-state index contributed by atoms with van der Waals surface area (Å²) in [6.45, 7) is 6.37. The number of aromatic nitrogens is 2. The van der Waals surface area contributed by atoms with Crippen molar-refractivity contribution in [3.63, 3.8) is 0 Å². The van der Waals surface area contributed by atoms with Crippen LogP contribution < -0.4 is 5.56 Å². The number of thioether (sulfide) groups is 1. The van der Waals surface area contributed by atoms with Gasteiger partial charge in [-0.05, 0) is 35.7 Å². The van der Waals surface area contributed by atoms with Crippen molar-refractivity contribution in [2.75, 3.05) is 0 Å². The fourth-order valence-electron chi connectivity index (χ4n) is 3.17. The molecule has 3 nitrogen and oxygen atoms in total. The van der Waals surface area contributed by atoms with E-state index in [4.69, 9.17) is 4.98 Å². The predicted octanol–water partition coefficient (Wildman–Crippen LogP) is 5.69. The zero-order valence-corrected chi connectivity index (χ0v) is 17.2. The van der Waals surface area contributed by atoms with Crippen LogP contribution in [0.25, 0.3) is 17.0 Å². The van der Waals surface area contributed by atoms with E-state index in [2.05, 4.69) is 62.0 Å². The molecule has 4 rings (SSSR count). The van der Waals surface area contributed by atoms with Gasteiger partial charge in [-0.1, -0.05) is 90.6 Å². The molecular formula is C25H22N2OS. The third-order valence-electron chi connectivity index (χ3n) is 4.87. The average molecular weight is 399 g/mol. The standard InChI is InChI=1S/C25H22N2OS/c1-3-19-12-14-21(15-13-19)17-29-25-26-23-7-5-4-6-22(23)24(28)27(25)16-20-10-8-18(2)9-11-20/h3-15H,1,16-17H2,2H3. The van der Waals surface area contributed by atoms with Gasteiger partial charge in [-0.2, -0.15) is 0 Å². The Kier molecular flexibility index (Phi) is 5.63. The Labute approximate surface area is 174 Å². The largest absolute Gasteiger partial charge is 0.283 e. The number of rotatable bonds is 6. The predicted molar refractivity (Wildman–Crippen MR) is 122 cm³/mol. The molecule has 0 aliphatic rings. The summed E-state index contributed by atoms with van der Waals surface area (Å²) < 4.78 is 1.79. The van der Waals surface area contributed by atoms with Gasteiger partial charge in [-0.15, -0.1) is 0 Å². The third kappa shape index (κ3) is 4.33. The molecule has 29 heavy (non-hydrogen) atoms. The van der Waals surface area contributed by atoms with Crippen molar-refractivity contribution >= 4 is 28.7 Å². The topological polar surface area (TPSA) is 34.9 Å². The van der Waals surface area contributed by atoms with Crippen molar-refractivity contribution in [3.05, 3.63) is 112 Å². The van der Waals surface area contributed by atoms with Crippen molar-refractivity contribution in [1.29, 1.82) is 0 Å². The first-order chi connectivity index (χ1) is 14.1. The van der Waals surface area contributed by atoms with Crippen LogP contribution in [0.5, 0.6) is 0 Å². The number of hydrogen-bond acceptors (Lipinski definition) is 3. The molecule has 144 valence electrons. The normalized spacial score (nSPS) is 10.9. The average Bonchev–Trinajstić information content (AvgIpc) is 2.76. The Bertz CT molecular complexity index is 1210. The highest BCUT2D eigenvalue weighted by Gasteiger charge is 2.12. The van der Waals surface area contributed by atoms with Gasteiger partial charge in [0.15, 0.2) is 5.16 Å². The second kappa shape index (κ2) is 8.50. The molecule has 0 spiro atoms. The first-order valence-corrected chi connectivity index (χ1v) is 10.5. The van der Waals surface area contributed by atoms with E-state index in [9.17, 15) is 4.79 Å². The van der Waals surface area contributed by atoms with E-state index in [0.717, 1.165) is 27.6 Å². The number of aryl methyl sites for hydroxylation is 1. The minimum absolute atomic E-state index is 0.000630. The Morgan fingerprint density at radius 3 is 2.38 bits per heavy atom. The van der Waals surface area contributed by atoms with Gasteiger partial charge in [0.2, 0.25) is 0 Å². The van der Waals surface area contributed by atoms with Crippen LogP contribution in [0.1, 0.15) is 22.3 Å². The maximum Gasteiger partial charge on any atom is 0.262 e. The summed E-state index contributed by atoms with van der Waals surface area (Å²) in [5.74, 6) is 0.746. The molecular weight excluding hydrogens is 376 g/mol. The molecule has 3 aromatic carbocycles. The molecule has 1 aromatic heterocycles. The smallest absolute Gasteiger partial charge is 0.262 e. The lowest BCUT2D eigenvalue weighted by Crippen LogP contribution is -2.24. The molecule has 0 radical (unpaired) electrons. The van der Waals surface area contributed by atoms with Crippen molar-refractivity contribution in [1.82, 2.24) is 9.55 Å². The minimum Gasteiger partial charge on any atom is -0.283 e. The second-order valence-electron chi connectivity index (χ2n) is 7.02. The molecule has 0 fully saturated rings. The van der Waals surface area contributed by atoms with Crippen molar-refractivity contribution in [2.45, 2.75) is 24.4 Å². The van der Waals surface area contributed by atoms with Crippen molar-refractivity contribution < 1.29 is 0 Å². The van der Waals surface area contributed by atoms with Crippen LogP contribution in [0.3, 0.4) is 0 Å². The van der Waals surface area contributed by atoms with Crippen LogP contribution in [0.2, 0.25) is 0 Å². The first-order valence-electron chi connectivity index (χ1n) is 9.53. The minimum atomic E-state index is 0.000630. The van der Waals surface area contributed by atoms with Gasteiger partial charge in [0.25, 0.3) is 5.56 Å².